The average Bonchev–Trinajstić information content (AvgIpc) is 2.39. The Labute approximate surface area is 95.4 Å². The molecule has 0 aliphatic heterocycles. The summed E-state index contributed by atoms with van der Waals surface area (Å²) in [4.78, 5) is 0. The smallest absolute Gasteiger partial charge is 0.214 e. The van der Waals surface area contributed by atoms with E-state index in [1.807, 2.05) is 59.4 Å². The van der Waals surface area contributed by atoms with Crippen molar-refractivity contribution in [2.24, 2.45) is 0 Å². The van der Waals surface area contributed by atoms with Gasteiger partial charge in [0.05, 0.1) is 12.7 Å². The summed E-state index contributed by atoms with van der Waals surface area (Å²) in [7, 11) is 1.67. The molecule has 0 aliphatic rings. The van der Waals surface area contributed by atoms with Gasteiger partial charge < -0.3 is 4.74 Å². The molecule has 1 aromatic carbocycles. The molecule has 80 valence electrons. The second kappa shape index (κ2) is 4.62. The van der Waals surface area contributed by atoms with Gasteiger partial charge in [-0.25, -0.2) is 0 Å². The molecule has 0 N–H and O–H groups in total. The zero-order chi connectivity index (χ0) is 11.4. The van der Waals surface area contributed by atoms with Gasteiger partial charge in [-0.3, -0.25) is 0 Å². The van der Waals surface area contributed by atoms with Gasteiger partial charge in [0, 0.05) is 12.1 Å². The third-order valence-corrected chi connectivity index (χ3v) is 2.45. The fourth-order valence-electron chi connectivity index (χ4n) is 1.60. The summed E-state index contributed by atoms with van der Waals surface area (Å²) in [5.74, 6) is 0.837. The van der Waals surface area contributed by atoms with Crippen LogP contribution >= 0.6 is 0 Å². The van der Waals surface area contributed by atoms with Crippen molar-refractivity contribution in [3.63, 3.8) is 0 Å². The van der Waals surface area contributed by atoms with E-state index in [1.165, 1.54) is 0 Å². The lowest BCUT2D eigenvalue weighted by Gasteiger charge is -2.06. The van der Waals surface area contributed by atoms with Crippen LogP contribution in [0.5, 0.6) is 5.75 Å². The quantitative estimate of drug-likeness (QED) is 0.712. The molecule has 0 unspecified atom stereocenters. The average molecular weight is 212 g/mol. The van der Waals surface area contributed by atoms with E-state index in [4.69, 9.17) is 4.74 Å². The fraction of sp³-hybridized carbons (Fsp3) is 0.0714. The summed E-state index contributed by atoms with van der Waals surface area (Å²) in [5, 5.41) is 0. The molecule has 0 saturated carbocycles. The van der Waals surface area contributed by atoms with E-state index in [0.29, 0.717) is 0 Å². The van der Waals surface area contributed by atoms with Gasteiger partial charge in [-0.2, -0.15) is 4.57 Å². The zero-order valence-corrected chi connectivity index (χ0v) is 9.26. The SMILES string of the molecule is C=C(c1ccccc1OC)[n+]1ccccc1. The standard InChI is InChI=1S/C14H14NO/c1-12(15-10-6-3-7-11-15)13-8-4-5-9-14(13)16-2/h3-11H,1H2,2H3/q+1. The molecule has 2 nitrogen and oxygen atoms in total. The zero-order valence-electron chi connectivity index (χ0n) is 9.26. The van der Waals surface area contributed by atoms with Crippen molar-refractivity contribution in [1.82, 2.24) is 0 Å². The maximum absolute atomic E-state index is 5.31. The van der Waals surface area contributed by atoms with E-state index in [1.54, 1.807) is 7.11 Å². The van der Waals surface area contributed by atoms with E-state index in [0.717, 1.165) is 17.0 Å². The van der Waals surface area contributed by atoms with Crippen LogP contribution in [0, 0.1) is 0 Å². The Kier molecular flexibility index (Phi) is 3.01. The molecular weight excluding hydrogens is 198 g/mol. The third kappa shape index (κ3) is 1.96. The number of para-hydroxylation sites is 1. The van der Waals surface area contributed by atoms with Crippen LogP contribution in [0.4, 0.5) is 0 Å². The van der Waals surface area contributed by atoms with Crippen molar-refractivity contribution >= 4 is 5.70 Å². The molecule has 0 spiro atoms. The van der Waals surface area contributed by atoms with E-state index >= 15 is 0 Å². The highest BCUT2D eigenvalue weighted by Gasteiger charge is 2.13. The first kappa shape index (κ1) is 10.4. The van der Waals surface area contributed by atoms with Gasteiger partial charge in [-0.15, -0.1) is 0 Å². The summed E-state index contributed by atoms with van der Waals surface area (Å²) in [5.41, 5.74) is 1.90. The third-order valence-electron chi connectivity index (χ3n) is 2.45. The normalized spacial score (nSPS) is 9.81. The maximum Gasteiger partial charge on any atom is 0.214 e. The number of aromatic nitrogens is 1. The topological polar surface area (TPSA) is 13.1 Å². The van der Waals surface area contributed by atoms with Crippen LogP contribution in [0.15, 0.2) is 61.4 Å². The molecule has 0 radical (unpaired) electrons. The van der Waals surface area contributed by atoms with E-state index in [-0.39, 0.29) is 0 Å². The lowest BCUT2D eigenvalue weighted by Crippen LogP contribution is -2.30. The molecule has 0 bridgehead atoms. The Hall–Kier alpha value is -2.09. The number of pyridine rings is 1. The molecule has 2 aromatic rings. The monoisotopic (exact) mass is 212 g/mol. The molecule has 1 aromatic heterocycles. The molecule has 0 atom stereocenters. The summed E-state index contributed by atoms with van der Waals surface area (Å²) >= 11 is 0. The number of benzene rings is 1. The summed E-state index contributed by atoms with van der Waals surface area (Å²) in [6, 6.07) is 13.8. The fourth-order valence-corrected chi connectivity index (χ4v) is 1.60. The molecule has 0 saturated heterocycles. The minimum absolute atomic E-state index is 0.837. The summed E-state index contributed by atoms with van der Waals surface area (Å²) < 4.78 is 7.28. The molecular formula is C14H14NO+. The largest absolute Gasteiger partial charge is 0.496 e. The van der Waals surface area contributed by atoms with Crippen molar-refractivity contribution in [3.8, 4) is 5.75 Å². The summed E-state index contributed by atoms with van der Waals surface area (Å²) in [6.07, 6.45) is 3.93. The first-order chi connectivity index (χ1) is 7.83. The Bertz CT molecular complexity index is 491. The molecule has 1 heterocycles. The predicted octanol–water partition coefficient (Wildman–Crippen LogP) is 2.50. The Balaban J connectivity index is 2.42. The number of hydrogen-bond acceptors (Lipinski definition) is 1. The number of methoxy groups -OCH3 is 1. The van der Waals surface area contributed by atoms with Crippen molar-refractivity contribution in [3.05, 3.63) is 67.0 Å². The number of ether oxygens (including phenoxy) is 1. The van der Waals surface area contributed by atoms with Crippen molar-refractivity contribution in [1.29, 1.82) is 0 Å². The van der Waals surface area contributed by atoms with Crippen LogP contribution in [0.1, 0.15) is 5.56 Å². The number of hydrogen-bond donors (Lipinski definition) is 0. The van der Waals surface area contributed by atoms with Crippen LogP contribution in [0.25, 0.3) is 5.70 Å². The molecule has 0 fully saturated rings. The predicted molar refractivity (Wildman–Crippen MR) is 64.1 cm³/mol. The molecule has 0 amide bonds. The van der Waals surface area contributed by atoms with Crippen molar-refractivity contribution in [2.75, 3.05) is 7.11 Å². The van der Waals surface area contributed by atoms with E-state index < -0.39 is 0 Å². The highest BCUT2D eigenvalue weighted by Crippen LogP contribution is 2.22. The lowest BCUT2D eigenvalue weighted by molar-refractivity contribution is -0.578. The van der Waals surface area contributed by atoms with Crippen molar-refractivity contribution in [2.45, 2.75) is 0 Å². The van der Waals surface area contributed by atoms with Gasteiger partial charge in [0.1, 0.15) is 5.75 Å². The van der Waals surface area contributed by atoms with Crippen LogP contribution in [-0.4, -0.2) is 7.11 Å². The van der Waals surface area contributed by atoms with Crippen LogP contribution in [0.2, 0.25) is 0 Å². The van der Waals surface area contributed by atoms with Crippen molar-refractivity contribution < 1.29 is 9.30 Å². The summed E-state index contributed by atoms with van der Waals surface area (Å²) in [6.45, 7) is 4.09. The minimum atomic E-state index is 0.837. The molecule has 2 rings (SSSR count). The van der Waals surface area contributed by atoms with E-state index in [2.05, 4.69) is 6.58 Å². The Morgan fingerprint density at radius 3 is 2.44 bits per heavy atom. The first-order valence-electron chi connectivity index (χ1n) is 5.12. The highest BCUT2D eigenvalue weighted by atomic mass is 16.5. The molecule has 16 heavy (non-hydrogen) atoms. The minimum Gasteiger partial charge on any atom is -0.496 e. The van der Waals surface area contributed by atoms with Gasteiger partial charge >= 0.3 is 0 Å². The number of nitrogens with zero attached hydrogens (tertiary/aromatic N) is 1. The van der Waals surface area contributed by atoms with Gasteiger partial charge in [0.2, 0.25) is 5.70 Å². The van der Waals surface area contributed by atoms with Gasteiger partial charge in [0.15, 0.2) is 12.4 Å². The second-order valence-electron chi connectivity index (χ2n) is 3.43. The van der Waals surface area contributed by atoms with Gasteiger partial charge in [-0.05, 0) is 18.7 Å². The van der Waals surface area contributed by atoms with Crippen LogP contribution in [0.3, 0.4) is 0 Å². The van der Waals surface area contributed by atoms with Gasteiger partial charge in [-0.1, -0.05) is 18.2 Å². The second-order valence-corrected chi connectivity index (χ2v) is 3.43. The highest BCUT2D eigenvalue weighted by molar-refractivity contribution is 5.62. The molecule has 2 heteroatoms. The number of rotatable bonds is 3. The van der Waals surface area contributed by atoms with Crippen LogP contribution in [-0.2, 0) is 0 Å². The first-order valence-corrected chi connectivity index (χ1v) is 5.12. The lowest BCUT2D eigenvalue weighted by atomic mass is 10.1. The Morgan fingerprint density at radius 1 is 1.06 bits per heavy atom. The molecule has 0 aliphatic carbocycles. The Morgan fingerprint density at radius 2 is 1.75 bits per heavy atom. The van der Waals surface area contributed by atoms with E-state index in [9.17, 15) is 0 Å². The van der Waals surface area contributed by atoms with Gasteiger partial charge in [0.25, 0.3) is 0 Å². The van der Waals surface area contributed by atoms with Crippen LogP contribution < -0.4 is 9.30 Å². The maximum atomic E-state index is 5.31.